The van der Waals surface area contributed by atoms with E-state index in [-0.39, 0.29) is 23.8 Å². The number of pyridine rings is 1. The molecule has 2 amide bonds. The quantitative estimate of drug-likeness (QED) is 0.684. The second kappa shape index (κ2) is 9.81. The first-order valence-electron chi connectivity index (χ1n) is 10.9. The molecule has 2 aliphatic rings. The zero-order valence-corrected chi connectivity index (χ0v) is 17.9. The minimum atomic E-state index is -0.237. The van der Waals surface area contributed by atoms with Gasteiger partial charge in [0.15, 0.2) is 0 Å². The van der Waals surface area contributed by atoms with E-state index in [2.05, 4.69) is 4.98 Å². The molecule has 3 heterocycles. The second-order valence-electron chi connectivity index (χ2n) is 8.17. The van der Waals surface area contributed by atoms with Crippen LogP contribution in [0.5, 0.6) is 11.5 Å². The minimum Gasteiger partial charge on any atom is -0.497 e. The predicted molar refractivity (Wildman–Crippen MR) is 116 cm³/mol. The van der Waals surface area contributed by atoms with Crippen molar-refractivity contribution in [2.45, 2.75) is 31.8 Å². The van der Waals surface area contributed by atoms with Crippen molar-refractivity contribution in [1.82, 2.24) is 14.8 Å². The molecule has 1 aromatic heterocycles. The molecule has 2 saturated heterocycles. The lowest BCUT2D eigenvalue weighted by Crippen LogP contribution is -2.44. The maximum absolute atomic E-state index is 13.0. The topological polar surface area (TPSA) is 72.0 Å². The van der Waals surface area contributed by atoms with Crippen LogP contribution in [0.4, 0.5) is 0 Å². The van der Waals surface area contributed by atoms with Gasteiger partial charge < -0.3 is 19.3 Å². The number of likely N-dealkylation sites (tertiary alicyclic amines) is 2. The maximum Gasteiger partial charge on any atom is 0.227 e. The zero-order valence-electron chi connectivity index (χ0n) is 17.9. The van der Waals surface area contributed by atoms with Gasteiger partial charge in [0.2, 0.25) is 11.8 Å². The van der Waals surface area contributed by atoms with Crippen LogP contribution < -0.4 is 9.47 Å². The molecule has 7 nitrogen and oxygen atoms in total. The highest BCUT2D eigenvalue weighted by molar-refractivity contribution is 5.89. The van der Waals surface area contributed by atoms with Crippen molar-refractivity contribution in [1.29, 1.82) is 0 Å². The van der Waals surface area contributed by atoms with Gasteiger partial charge in [0.05, 0.1) is 19.2 Å². The summed E-state index contributed by atoms with van der Waals surface area (Å²) in [7, 11) is 1.64. The highest BCUT2D eigenvalue weighted by Crippen LogP contribution is 2.24. The molecule has 1 atom stereocenters. The third-order valence-electron chi connectivity index (χ3n) is 6.08. The third-order valence-corrected chi connectivity index (χ3v) is 6.08. The number of methoxy groups -OCH3 is 1. The van der Waals surface area contributed by atoms with E-state index in [9.17, 15) is 9.59 Å². The molecule has 0 aliphatic carbocycles. The van der Waals surface area contributed by atoms with Gasteiger partial charge in [0.25, 0.3) is 0 Å². The first-order chi connectivity index (χ1) is 15.1. The number of hydrogen-bond acceptors (Lipinski definition) is 5. The molecule has 7 heteroatoms. The van der Waals surface area contributed by atoms with Gasteiger partial charge in [0.1, 0.15) is 17.6 Å². The lowest BCUT2D eigenvalue weighted by Gasteiger charge is -2.33. The largest absolute Gasteiger partial charge is 0.497 e. The number of ether oxygens (including phenoxy) is 2. The Morgan fingerprint density at radius 3 is 2.58 bits per heavy atom. The highest BCUT2D eigenvalue weighted by atomic mass is 16.5. The summed E-state index contributed by atoms with van der Waals surface area (Å²) < 4.78 is 11.1. The van der Waals surface area contributed by atoms with E-state index >= 15 is 0 Å². The van der Waals surface area contributed by atoms with Gasteiger partial charge in [-0.3, -0.25) is 14.6 Å². The molecule has 2 fully saturated rings. The standard InChI is InChI=1S/C24H29N3O4/c1-30-20-6-4-18(5-7-20)8-12-27-17-19(15-23(27)28)24(29)26-13-9-21(10-14-26)31-22-3-2-11-25-16-22/h2-7,11,16,19,21H,8-10,12-15,17H2,1H3/t19-/m0/s1. The summed E-state index contributed by atoms with van der Waals surface area (Å²) in [5.74, 6) is 1.52. The molecule has 0 radical (unpaired) electrons. The number of hydrogen-bond donors (Lipinski definition) is 0. The monoisotopic (exact) mass is 423 g/mol. The summed E-state index contributed by atoms with van der Waals surface area (Å²) in [4.78, 5) is 33.2. The summed E-state index contributed by atoms with van der Waals surface area (Å²) in [6, 6.07) is 11.6. The number of benzene rings is 1. The van der Waals surface area contributed by atoms with Crippen molar-refractivity contribution in [3.05, 3.63) is 54.4 Å². The van der Waals surface area contributed by atoms with E-state index in [0.29, 0.717) is 32.6 Å². The van der Waals surface area contributed by atoms with Crippen molar-refractivity contribution in [2.24, 2.45) is 5.92 Å². The SMILES string of the molecule is COc1ccc(CCN2C[C@@H](C(=O)N3CCC(Oc4cccnc4)CC3)CC2=O)cc1. The molecule has 2 aromatic rings. The molecule has 0 unspecified atom stereocenters. The van der Waals surface area contributed by atoms with Crippen LogP contribution in [0.2, 0.25) is 0 Å². The Bertz CT molecular complexity index is 879. The van der Waals surface area contributed by atoms with Gasteiger partial charge in [-0.1, -0.05) is 12.1 Å². The lowest BCUT2D eigenvalue weighted by atomic mass is 10.0. The molecule has 1 aromatic carbocycles. The van der Waals surface area contributed by atoms with E-state index in [4.69, 9.17) is 9.47 Å². The van der Waals surface area contributed by atoms with Crippen LogP contribution >= 0.6 is 0 Å². The Kier molecular flexibility index (Phi) is 6.70. The lowest BCUT2D eigenvalue weighted by molar-refractivity contribution is -0.137. The normalized spacial score (nSPS) is 19.5. The van der Waals surface area contributed by atoms with E-state index < -0.39 is 0 Å². The number of nitrogens with zero attached hydrogens (tertiary/aromatic N) is 3. The molecule has 0 N–H and O–H groups in total. The molecule has 31 heavy (non-hydrogen) atoms. The fourth-order valence-corrected chi connectivity index (χ4v) is 4.27. The molecule has 2 aliphatic heterocycles. The Hall–Kier alpha value is -3.09. The van der Waals surface area contributed by atoms with Crippen LogP contribution in [0.15, 0.2) is 48.8 Å². The Morgan fingerprint density at radius 1 is 1.13 bits per heavy atom. The van der Waals surface area contributed by atoms with E-state index in [1.807, 2.05) is 46.2 Å². The number of aromatic nitrogens is 1. The Morgan fingerprint density at radius 2 is 1.90 bits per heavy atom. The van der Waals surface area contributed by atoms with Crippen LogP contribution in [0, 0.1) is 5.92 Å². The fraction of sp³-hybridized carbons (Fsp3) is 0.458. The van der Waals surface area contributed by atoms with E-state index in [1.165, 1.54) is 0 Å². The van der Waals surface area contributed by atoms with E-state index in [0.717, 1.165) is 36.3 Å². The van der Waals surface area contributed by atoms with Gasteiger partial charge in [-0.2, -0.15) is 0 Å². The smallest absolute Gasteiger partial charge is 0.227 e. The number of amides is 2. The fourth-order valence-electron chi connectivity index (χ4n) is 4.27. The van der Waals surface area contributed by atoms with Crippen LogP contribution in [0.25, 0.3) is 0 Å². The number of carbonyl (C=O) groups is 2. The molecule has 0 bridgehead atoms. The third kappa shape index (κ3) is 5.34. The molecule has 4 rings (SSSR count). The van der Waals surface area contributed by atoms with Gasteiger partial charge in [-0.15, -0.1) is 0 Å². The van der Waals surface area contributed by atoms with Crippen molar-refractivity contribution < 1.29 is 19.1 Å². The Labute approximate surface area is 183 Å². The molecule has 0 saturated carbocycles. The first-order valence-corrected chi connectivity index (χ1v) is 10.9. The maximum atomic E-state index is 13.0. The van der Waals surface area contributed by atoms with Gasteiger partial charge in [-0.25, -0.2) is 0 Å². The average molecular weight is 424 g/mol. The van der Waals surface area contributed by atoms with Crippen molar-refractivity contribution in [3.63, 3.8) is 0 Å². The van der Waals surface area contributed by atoms with Crippen LogP contribution in [0.1, 0.15) is 24.8 Å². The molecule has 164 valence electrons. The second-order valence-corrected chi connectivity index (χ2v) is 8.17. The van der Waals surface area contributed by atoms with Gasteiger partial charge >= 0.3 is 0 Å². The van der Waals surface area contributed by atoms with Gasteiger partial charge in [0, 0.05) is 51.6 Å². The number of carbonyl (C=O) groups excluding carboxylic acids is 2. The summed E-state index contributed by atoms with van der Waals surface area (Å²) in [6.45, 7) is 2.48. The molecular weight excluding hydrogens is 394 g/mol. The van der Waals surface area contributed by atoms with Crippen LogP contribution in [-0.4, -0.2) is 66.0 Å². The minimum absolute atomic E-state index is 0.0710. The molecular formula is C24H29N3O4. The predicted octanol–water partition coefficient (Wildman–Crippen LogP) is 2.55. The van der Waals surface area contributed by atoms with Crippen molar-refractivity contribution >= 4 is 11.8 Å². The number of rotatable bonds is 7. The van der Waals surface area contributed by atoms with Gasteiger partial charge in [-0.05, 0) is 36.2 Å². The summed E-state index contributed by atoms with van der Waals surface area (Å²) in [5.41, 5.74) is 1.15. The molecule has 0 spiro atoms. The zero-order chi connectivity index (χ0) is 21.6. The summed E-state index contributed by atoms with van der Waals surface area (Å²) >= 11 is 0. The Balaban J connectivity index is 1.23. The van der Waals surface area contributed by atoms with E-state index in [1.54, 1.807) is 19.5 Å². The van der Waals surface area contributed by atoms with Crippen molar-refractivity contribution in [2.75, 3.05) is 33.3 Å². The van der Waals surface area contributed by atoms with Crippen LogP contribution in [0.3, 0.4) is 0 Å². The first kappa shape index (κ1) is 21.2. The summed E-state index contributed by atoms with van der Waals surface area (Å²) in [5, 5.41) is 0. The highest BCUT2D eigenvalue weighted by Gasteiger charge is 2.37. The average Bonchev–Trinajstić information content (AvgIpc) is 3.19. The number of piperidine rings is 1. The van der Waals surface area contributed by atoms with Crippen LogP contribution in [-0.2, 0) is 16.0 Å². The summed E-state index contributed by atoms with van der Waals surface area (Å²) in [6.07, 6.45) is 6.20. The van der Waals surface area contributed by atoms with Crippen molar-refractivity contribution in [3.8, 4) is 11.5 Å².